The van der Waals surface area contributed by atoms with Gasteiger partial charge in [-0.05, 0) is 35.9 Å². The third-order valence-electron chi connectivity index (χ3n) is 3.17. The number of ether oxygens (including phenoxy) is 1. The Balaban J connectivity index is 1.87. The zero-order chi connectivity index (χ0) is 20.0. The molecule has 0 aliphatic heterocycles. The van der Waals surface area contributed by atoms with Crippen molar-refractivity contribution in [3.05, 3.63) is 75.6 Å². The minimum atomic E-state index is -1.74. The summed E-state index contributed by atoms with van der Waals surface area (Å²) in [6.45, 7) is -0.790. The Labute approximate surface area is 150 Å². The molecule has 0 aliphatic carbocycles. The van der Waals surface area contributed by atoms with E-state index in [2.05, 4.69) is 4.74 Å². The first-order valence-corrected chi connectivity index (χ1v) is 7.30. The summed E-state index contributed by atoms with van der Waals surface area (Å²) >= 11 is 0. The molecule has 2 aromatic rings. The van der Waals surface area contributed by atoms with Gasteiger partial charge >= 0.3 is 5.97 Å². The van der Waals surface area contributed by atoms with E-state index in [-0.39, 0.29) is 5.69 Å². The van der Waals surface area contributed by atoms with Gasteiger partial charge in [-0.1, -0.05) is 0 Å². The Morgan fingerprint density at radius 2 is 1.74 bits per heavy atom. The molecule has 0 spiro atoms. The lowest BCUT2D eigenvalue weighted by molar-refractivity contribution is -0.384. The molecule has 140 valence electrons. The second-order valence-corrected chi connectivity index (χ2v) is 5.06. The average molecular weight is 380 g/mol. The van der Waals surface area contributed by atoms with E-state index >= 15 is 0 Å². The van der Waals surface area contributed by atoms with Gasteiger partial charge in [-0.15, -0.1) is 0 Å². The molecule has 27 heavy (non-hydrogen) atoms. The zero-order valence-electron chi connectivity index (χ0n) is 13.4. The van der Waals surface area contributed by atoms with E-state index in [9.17, 15) is 32.9 Å². The second kappa shape index (κ2) is 8.61. The van der Waals surface area contributed by atoms with Gasteiger partial charge in [0.1, 0.15) is 0 Å². The second-order valence-electron chi connectivity index (χ2n) is 5.06. The quantitative estimate of drug-likeness (QED) is 0.273. The van der Waals surface area contributed by atoms with E-state index in [1.165, 1.54) is 30.3 Å². The van der Waals surface area contributed by atoms with Crippen LogP contribution >= 0.6 is 0 Å². The summed E-state index contributed by atoms with van der Waals surface area (Å²) in [7, 11) is 0. The van der Waals surface area contributed by atoms with Crippen molar-refractivity contribution in [3.63, 3.8) is 0 Å². The van der Waals surface area contributed by atoms with Gasteiger partial charge in [0, 0.05) is 18.2 Å². The fourth-order valence-corrected chi connectivity index (χ4v) is 1.86. The van der Waals surface area contributed by atoms with Gasteiger partial charge in [0.2, 0.25) is 0 Å². The number of carbonyl (C=O) groups is 2. The van der Waals surface area contributed by atoms with Crippen molar-refractivity contribution in [2.45, 2.75) is 0 Å². The number of nitrogens with zero attached hydrogens (tertiary/aromatic N) is 1. The molecule has 0 atom stereocenters. The molecule has 0 heterocycles. The van der Waals surface area contributed by atoms with Crippen LogP contribution in [0.4, 0.5) is 24.5 Å². The van der Waals surface area contributed by atoms with E-state index in [0.29, 0.717) is 11.6 Å². The molecule has 0 saturated heterocycles. The highest BCUT2D eigenvalue weighted by molar-refractivity contribution is 5.94. The Kier molecular flexibility index (Phi) is 6.26. The molecule has 1 amide bonds. The van der Waals surface area contributed by atoms with Gasteiger partial charge in [0.15, 0.2) is 24.1 Å². The number of esters is 1. The first-order chi connectivity index (χ1) is 12.8. The number of rotatable bonds is 6. The van der Waals surface area contributed by atoms with Gasteiger partial charge in [-0.2, -0.15) is 0 Å². The maximum atomic E-state index is 13.4. The molecule has 0 radical (unpaired) electrons. The SMILES string of the molecule is O=C(COC(=O)/C=C/c1ccc([N+](=O)[O-])cc1)Nc1ccc(F)c(F)c1F. The van der Waals surface area contributed by atoms with Crippen molar-refractivity contribution in [1.82, 2.24) is 0 Å². The van der Waals surface area contributed by atoms with Gasteiger partial charge in [-0.25, -0.2) is 18.0 Å². The van der Waals surface area contributed by atoms with Crippen LogP contribution in [-0.4, -0.2) is 23.4 Å². The standard InChI is InChI=1S/C17H11F3N2O5/c18-12-6-7-13(17(20)16(12)19)21-14(23)9-27-15(24)8-3-10-1-4-11(5-2-10)22(25)26/h1-8H,9H2,(H,21,23)/b8-3+. The number of anilines is 1. The number of hydrogen-bond donors (Lipinski definition) is 1. The van der Waals surface area contributed by atoms with Crippen LogP contribution < -0.4 is 5.32 Å². The number of nitrogens with one attached hydrogen (secondary N) is 1. The minimum absolute atomic E-state index is 0.115. The smallest absolute Gasteiger partial charge is 0.331 e. The largest absolute Gasteiger partial charge is 0.452 e. The first-order valence-electron chi connectivity index (χ1n) is 7.30. The molecule has 2 aromatic carbocycles. The molecule has 0 saturated carbocycles. The lowest BCUT2D eigenvalue weighted by Gasteiger charge is -2.07. The third-order valence-corrected chi connectivity index (χ3v) is 3.17. The van der Waals surface area contributed by atoms with Crippen molar-refractivity contribution < 1.29 is 32.4 Å². The van der Waals surface area contributed by atoms with E-state index < -0.39 is 46.5 Å². The number of carbonyl (C=O) groups excluding carboxylic acids is 2. The van der Waals surface area contributed by atoms with Crippen molar-refractivity contribution >= 4 is 29.3 Å². The number of halogens is 3. The lowest BCUT2D eigenvalue weighted by Crippen LogP contribution is -2.21. The molecule has 0 aromatic heterocycles. The van der Waals surface area contributed by atoms with Crippen LogP contribution in [0.5, 0.6) is 0 Å². The fraction of sp³-hybridized carbons (Fsp3) is 0.0588. The molecule has 7 nitrogen and oxygen atoms in total. The number of amides is 1. The Morgan fingerprint density at radius 1 is 1.07 bits per heavy atom. The summed E-state index contributed by atoms with van der Waals surface area (Å²) in [5.41, 5.74) is -0.238. The molecular formula is C17H11F3N2O5. The van der Waals surface area contributed by atoms with Crippen LogP contribution in [0, 0.1) is 27.6 Å². The van der Waals surface area contributed by atoms with Crippen molar-refractivity contribution in [2.75, 3.05) is 11.9 Å². The van der Waals surface area contributed by atoms with Gasteiger partial charge in [-0.3, -0.25) is 14.9 Å². The lowest BCUT2D eigenvalue weighted by atomic mass is 10.2. The summed E-state index contributed by atoms with van der Waals surface area (Å²) in [5.74, 6) is -6.59. The maximum Gasteiger partial charge on any atom is 0.331 e. The average Bonchev–Trinajstić information content (AvgIpc) is 2.65. The number of non-ortho nitro benzene ring substituents is 1. The fourth-order valence-electron chi connectivity index (χ4n) is 1.86. The summed E-state index contributed by atoms with van der Waals surface area (Å²) < 4.78 is 43.9. The number of hydrogen-bond acceptors (Lipinski definition) is 5. The summed E-state index contributed by atoms with van der Waals surface area (Å²) in [6.07, 6.45) is 2.28. The number of nitro benzene ring substituents is 1. The predicted octanol–water partition coefficient (Wildman–Crippen LogP) is 3.21. The summed E-state index contributed by atoms with van der Waals surface area (Å²) in [4.78, 5) is 33.1. The van der Waals surface area contributed by atoms with Gasteiger partial charge in [0.05, 0.1) is 10.6 Å². The van der Waals surface area contributed by atoms with Crippen LogP contribution in [0.1, 0.15) is 5.56 Å². The van der Waals surface area contributed by atoms with Gasteiger partial charge < -0.3 is 10.1 Å². The number of nitro groups is 1. The van der Waals surface area contributed by atoms with Crippen LogP contribution in [0.2, 0.25) is 0 Å². The van der Waals surface area contributed by atoms with Crippen molar-refractivity contribution in [3.8, 4) is 0 Å². The highest BCUT2D eigenvalue weighted by atomic mass is 19.2. The van der Waals surface area contributed by atoms with E-state index in [0.717, 1.165) is 12.1 Å². The van der Waals surface area contributed by atoms with Crippen LogP contribution in [-0.2, 0) is 14.3 Å². The van der Waals surface area contributed by atoms with Crippen molar-refractivity contribution in [2.24, 2.45) is 0 Å². The molecule has 0 fully saturated rings. The molecule has 2 rings (SSSR count). The first kappa shape index (κ1) is 19.6. The highest BCUT2D eigenvalue weighted by Crippen LogP contribution is 2.19. The normalized spacial score (nSPS) is 10.6. The van der Waals surface area contributed by atoms with Crippen LogP contribution in [0.15, 0.2) is 42.5 Å². The number of benzene rings is 2. The van der Waals surface area contributed by atoms with Crippen LogP contribution in [0.3, 0.4) is 0 Å². The maximum absolute atomic E-state index is 13.4. The molecule has 0 bridgehead atoms. The Morgan fingerprint density at radius 3 is 2.37 bits per heavy atom. The molecule has 0 aliphatic rings. The van der Waals surface area contributed by atoms with E-state index in [1.54, 1.807) is 0 Å². The topological polar surface area (TPSA) is 98.5 Å². The molecule has 1 N–H and O–H groups in total. The molecular weight excluding hydrogens is 369 g/mol. The molecule has 10 heteroatoms. The monoisotopic (exact) mass is 380 g/mol. The summed E-state index contributed by atoms with van der Waals surface area (Å²) in [5, 5.41) is 12.5. The third kappa shape index (κ3) is 5.39. The van der Waals surface area contributed by atoms with E-state index in [4.69, 9.17) is 0 Å². The van der Waals surface area contributed by atoms with Crippen LogP contribution in [0.25, 0.3) is 6.08 Å². The Bertz CT molecular complexity index is 914. The zero-order valence-corrected chi connectivity index (χ0v) is 13.4. The Hall–Kier alpha value is -3.69. The van der Waals surface area contributed by atoms with E-state index in [1.807, 2.05) is 5.32 Å². The minimum Gasteiger partial charge on any atom is -0.452 e. The summed E-state index contributed by atoms with van der Waals surface area (Å²) in [6, 6.07) is 6.75. The molecule has 0 unspecified atom stereocenters. The predicted molar refractivity (Wildman–Crippen MR) is 88.0 cm³/mol. The van der Waals surface area contributed by atoms with Gasteiger partial charge in [0.25, 0.3) is 11.6 Å². The van der Waals surface area contributed by atoms with Crippen molar-refractivity contribution in [1.29, 1.82) is 0 Å². The highest BCUT2D eigenvalue weighted by Gasteiger charge is 2.15.